The topological polar surface area (TPSA) is 72.9 Å². The Morgan fingerprint density at radius 1 is 1.40 bits per heavy atom. The Kier molecular flexibility index (Phi) is 6.71. The van der Waals surface area contributed by atoms with Crippen molar-refractivity contribution < 1.29 is 4.79 Å². The quantitative estimate of drug-likeness (QED) is 0.762. The number of carbonyl (C=O) groups is 1. The summed E-state index contributed by atoms with van der Waals surface area (Å²) in [7, 11) is 0. The molecule has 0 fully saturated rings. The largest absolute Gasteiger partial charge is 0.354 e. The lowest BCUT2D eigenvalue weighted by Gasteiger charge is -2.30. The number of nitrogens with one attached hydrogen (secondary N) is 1. The third-order valence-electron chi connectivity index (χ3n) is 3.71. The second-order valence-electron chi connectivity index (χ2n) is 6.33. The summed E-state index contributed by atoms with van der Waals surface area (Å²) in [4.78, 5) is 15.8. The summed E-state index contributed by atoms with van der Waals surface area (Å²) in [6.07, 6.45) is 7.84. The van der Waals surface area contributed by atoms with Crippen molar-refractivity contribution in [2.75, 3.05) is 13.1 Å². The molecule has 114 valence electrons. The van der Waals surface area contributed by atoms with Gasteiger partial charge in [-0.2, -0.15) is 0 Å². The van der Waals surface area contributed by atoms with Crippen molar-refractivity contribution in [3.63, 3.8) is 0 Å². The molecule has 0 aliphatic rings. The van der Waals surface area contributed by atoms with Crippen molar-refractivity contribution in [1.29, 1.82) is 0 Å². The summed E-state index contributed by atoms with van der Waals surface area (Å²) >= 11 is 0. The van der Waals surface area contributed by atoms with Crippen molar-refractivity contribution in [3.8, 4) is 0 Å². The van der Waals surface area contributed by atoms with Gasteiger partial charge in [0.15, 0.2) is 0 Å². The number of imidazole rings is 1. The number of hydrogen-bond donors (Lipinski definition) is 2. The van der Waals surface area contributed by atoms with Crippen LogP contribution in [-0.2, 0) is 11.3 Å². The van der Waals surface area contributed by atoms with Gasteiger partial charge in [-0.25, -0.2) is 4.98 Å². The van der Waals surface area contributed by atoms with Crippen molar-refractivity contribution in [1.82, 2.24) is 14.9 Å². The molecule has 1 rings (SSSR count). The zero-order valence-corrected chi connectivity index (χ0v) is 12.9. The van der Waals surface area contributed by atoms with Crippen LogP contribution in [0.1, 0.15) is 40.0 Å². The molecular weight excluding hydrogens is 252 g/mol. The molecule has 5 heteroatoms. The standard InChI is InChI=1S/C15H28N4O/c1-15(2,3)13(6-7-16)4-5-14(20)18-9-11-19-10-8-17-12-19/h8,10,12-13H,4-7,9,11,16H2,1-3H3,(H,18,20). The van der Waals surface area contributed by atoms with Crippen LogP contribution in [0.4, 0.5) is 0 Å². The molecule has 1 unspecified atom stereocenters. The van der Waals surface area contributed by atoms with Crippen LogP contribution in [0.5, 0.6) is 0 Å². The SMILES string of the molecule is CC(C)(C)C(CCN)CCC(=O)NCCn1ccnc1. The molecule has 0 saturated carbocycles. The van der Waals surface area contributed by atoms with Crippen molar-refractivity contribution in [2.24, 2.45) is 17.1 Å². The van der Waals surface area contributed by atoms with Crippen molar-refractivity contribution in [2.45, 2.75) is 46.6 Å². The average Bonchev–Trinajstić information content (AvgIpc) is 2.86. The molecule has 5 nitrogen and oxygen atoms in total. The van der Waals surface area contributed by atoms with Gasteiger partial charge in [0, 0.05) is 31.9 Å². The molecule has 1 aromatic heterocycles. The first-order valence-corrected chi connectivity index (χ1v) is 7.36. The van der Waals surface area contributed by atoms with Crippen LogP contribution < -0.4 is 11.1 Å². The molecule has 1 aromatic rings. The Labute approximate surface area is 122 Å². The highest BCUT2D eigenvalue weighted by molar-refractivity contribution is 5.75. The maximum absolute atomic E-state index is 11.8. The minimum absolute atomic E-state index is 0.122. The van der Waals surface area contributed by atoms with E-state index < -0.39 is 0 Å². The third-order valence-corrected chi connectivity index (χ3v) is 3.71. The van der Waals surface area contributed by atoms with Crippen molar-refractivity contribution in [3.05, 3.63) is 18.7 Å². The maximum Gasteiger partial charge on any atom is 0.220 e. The summed E-state index contributed by atoms with van der Waals surface area (Å²) in [5.74, 6) is 0.614. The summed E-state index contributed by atoms with van der Waals surface area (Å²) in [5, 5.41) is 2.95. The van der Waals surface area contributed by atoms with Crippen LogP contribution in [0.25, 0.3) is 0 Å². The van der Waals surface area contributed by atoms with E-state index in [2.05, 4.69) is 31.1 Å². The van der Waals surface area contributed by atoms with Crippen LogP contribution >= 0.6 is 0 Å². The van der Waals surface area contributed by atoms with Crippen LogP contribution in [-0.4, -0.2) is 28.5 Å². The smallest absolute Gasteiger partial charge is 0.220 e. The molecule has 1 atom stereocenters. The summed E-state index contributed by atoms with van der Waals surface area (Å²) in [5.41, 5.74) is 5.86. The van der Waals surface area contributed by atoms with E-state index in [9.17, 15) is 4.79 Å². The van der Waals surface area contributed by atoms with Crippen LogP contribution in [0.2, 0.25) is 0 Å². The van der Waals surface area contributed by atoms with Gasteiger partial charge in [0.1, 0.15) is 0 Å². The third kappa shape index (κ3) is 6.19. The lowest BCUT2D eigenvalue weighted by molar-refractivity contribution is -0.121. The van der Waals surface area contributed by atoms with Gasteiger partial charge in [0.25, 0.3) is 0 Å². The van der Waals surface area contributed by atoms with Gasteiger partial charge in [-0.15, -0.1) is 0 Å². The first kappa shape index (κ1) is 16.7. The maximum atomic E-state index is 11.8. The fourth-order valence-electron chi connectivity index (χ4n) is 2.35. The lowest BCUT2D eigenvalue weighted by Crippen LogP contribution is -2.29. The number of amides is 1. The molecule has 0 saturated heterocycles. The van der Waals surface area contributed by atoms with Gasteiger partial charge in [-0.3, -0.25) is 4.79 Å². The molecule has 1 amide bonds. The van der Waals surface area contributed by atoms with E-state index in [1.807, 2.05) is 10.8 Å². The van der Waals surface area contributed by atoms with Gasteiger partial charge >= 0.3 is 0 Å². The normalized spacial score (nSPS) is 13.2. The van der Waals surface area contributed by atoms with E-state index in [1.165, 1.54) is 0 Å². The van der Waals surface area contributed by atoms with Gasteiger partial charge in [0.05, 0.1) is 6.33 Å². The molecule has 0 bridgehead atoms. The number of aromatic nitrogens is 2. The van der Waals surface area contributed by atoms with E-state index in [1.54, 1.807) is 12.5 Å². The Morgan fingerprint density at radius 3 is 2.70 bits per heavy atom. The zero-order chi connectivity index (χ0) is 15.0. The molecule has 0 spiro atoms. The fraction of sp³-hybridized carbons (Fsp3) is 0.733. The lowest BCUT2D eigenvalue weighted by atomic mass is 9.76. The van der Waals surface area contributed by atoms with Gasteiger partial charge in [-0.05, 0) is 30.7 Å². The average molecular weight is 280 g/mol. The van der Waals surface area contributed by atoms with Crippen LogP contribution in [0.3, 0.4) is 0 Å². The number of hydrogen-bond acceptors (Lipinski definition) is 3. The minimum atomic E-state index is 0.122. The van der Waals surface area contributed by atoms with Gasteiger partial charge in [0.2, 0.25) is 5.91 Å². The second kappa shape index (κ2) is 8.04. The predicted octanol–water partition coefficient (Wildman–Crippen LogP) is 1.79. The van der Waals surface area contributed by atoms with E-state index in [0.717, 1.165) is 19.4 Å². The molecule has 3 N–H and O–H groups in total. The highest BCUT2D eigenvalue weighted by Gasteiger charge is 2.24. The van der Waals surface area contributed by atoms with Gasteiger partial charge < -0.3 is 15.6 Å². The van der Waals surface area contributed by atoms with Crippen LogP contribution in [0, 0.1) is 11.3 Å². The minimum Gasteiger partial charge on any atom is -0.354 e. The highest BCUT2D eigenvalue weighted by Crippen LogP contribution is 2.31. The number of nitrogens with two attached hydrogens (primary N) is 1. The number of carbonyl (C=O) groups excluding carboxylic acids is 1. The second-order valence-corrected chi connectivity index (χ2v) is 6.33. The Bertz CT molecular complexity index is 381. The van der Waals surface area contributed by atoms with E-state index in [-0.39, 0.29) is 11.3 Å². The summed E-state index contributed by atoms with van der Waals surface area (Å²) < 4.78 is 1.95. The molecule has 0 aliphatic carbocycles. The summed E-state index contributed by atoms with van der Waals surface area (Å²) in [6.45, 7) is 8.73. The van der Waals surface area contributed by atoms with E-state index in [4.69, 9.17) is 5.73 Å². The Morgan fingerprint density at radius 2 is 2.15 bits per heavy atom. The zero-order valence-electron chi connectivity index (χ0n) is 12.9. The fourth-order valence-corrected chi connectivity index (χ4v) is 2.35. The summed E-state index contributed by atoms with van der Waals surface area (Å²) in [6, 6.07) is 0. The number of rotatable bonds is 8. The molecular formula is C15H28N4O. The van der Waals surface area contributed by atoms with Crippen LogP contribution in [0.15, 0.2) is 18.7 Å². The van der Waals surface area contributed by atoms with Crippen molar-refractivity contribution >= 4 is 5.91 Å². The van der Waals surface area contributed by atoms with E-state index in [0.29, 0.717) is 25.4 Å². The van der Waals surface area contributed by atoms with Gasteiger partial charge in [-0.1, -0.05) is 20.8 Å². The number of nitrogens with zero attached hydrogens (tertiary/aromatic N) is 2. The first-order valence-electron chi connectivity index (χ1n) is 7.36. The highest BCUT2D eigenvalue weighted by atomic mass is 16.1. The predicted molar refractivity (Wildman–Crippen MR) is 81.1 cm³/mol. The molecule has 0 aromatic carbocycles. The van der Waals surface area contributed by atoms with E-state index >= 15 is 0 Å². The molecule has 0 radical (unpaired) electrons. The molecule has 20 heavy (non-hydrogen) atoms. The monoisotopic (exact) mass is 280 g/mol. The Hall–Kier alpha value is -1.36. The molecule has 0 aliphatic heterocycles. The first-order chi connectivity index (χ1) is 9.43. The molecule has 1 heterocycles. The Balaban J connectivity index is 2.24.